The van der Waals surface area contributed by atoms with Crippen molar-refractivity contribution >= 4 is 0 Å². The van der Waals surface area contributed by atoms with E-state index in [1.165, 1.54) is 0 Å². The number of aromatic nitrogens is 3. The zero-order valence-electron chi connectivity index (χ0n) is 9.13. The quantitative estimate of drug-likeness (QED) is 0.780. The molecule has 1 aromatic heterocycles. The van der Waals surface area contributed by atoms with Crippen molar-refractivity contribution in [3.63, 3.8) is 0 Å². The first-order valence-electron chi connectivity index (χ1n) is 5.34. The minimum Gasteiger partial charge on any atom is -0.390 e. The summed E-state index contributed by atoms with van der Waals surface area (Å²) in [5.74, 6) is 0. The molecule has 3 atom stereocenters. The fraction of sp³-hybridized carbons (Fsp3) is 0.800. The van der Waals surface area contributed by atoms with E-state index in [1.54, 1.807) is 4.68 Å². The van der Waals surface area contributed by atoms with Gasteiger partial charge in [-0.1, -0.05) is 5.21 Å². The Labute approximate surface area is 89.0 Å². The molecule has 2 heterocycles. The topological polar surface area (TPSA) is 60.2 Å². The molecule has 1 aromatic rings. The van der Waals surface area contributed by atoms with Crippen molar-refractivity contribution in [3.05, 3.63) is 11.9 Å². The summed E-state index contributed by atoms with van der Waals surface area (Å²) in [6, 6.07) is 0. The Morgan fingerprint density at radius 2 is 2.47 bits per heavy atom. The van der Waals surface area contributed by atoms with Crippen LogP contribution in [0, 0.1) is 0 Å². The van der Waals surface area contributed by atoms with Gasteiger partial charge in [0.25, 0.3) is 0 Å². The Bertz CT molecular complexity index is 326. The van der Waals surface area contributed by atoms with Crippen molar-refractivity contribution in [3.8, 4) is 0 Å². The molecule has 5 heteroatoms. The number of aliphatic hydroxyl groups excluding tert-OH is 1. The SMILES string of the molecule is CC1CCC(C(O)Cc2cn(C)nn2)O1. The Morgan fingerprint density at radius 3 is 3.00 bits per heavy atom. The standard InChI is InChI=1S/C10H17N3O2/c1-7-3-4-10(15-7)9(14)5-8-6-13(2)12-11-8/h6-7,9-10,14H,3-5H2,1-2H3. The van der Waals surface area contributed by atoms with Crippen molar-refractivity contribution in [2.75, 3.05) is 0 Å². The van der Waals surface area contributed by atoms with Crippen molar-refractivity contribution in [1.29, 1.82) is 0 Å². The Balaban J connectivity index is 1.89. The minimum atomic E-state index is -0.466. The van der Waals surface area contributed by atoms with E-state index >= 15 is 0 Å². The molecule has 1 saturated heterocycles. The fourth-order valence-electron chi connectivity index (χ4n) is 1.95. The molecule has 0 radical (unpaired) electrons. The smallest absolute Gasteiger partial charge is 0.0858 e. The number of hydrogen-bond acceptors (Lipinski definition) is 4. The Morgan fingerprint density at radius 1 is 1.67 bits per heavy atom. The highest BCUT2D eigenvalue weighted by Gasteiger charge is 2.28. The van der Waals surface area contributed by atoms with Crippen LogP contribution in [0.3, 0.4) is 0 Å². The van der Waals surface area contributed by atoms with Gasteiger partial charge in [0, 0.05) is 19.7 Å². The van der Waals surface area contributed by atoms with Gasteiger partial charge in [0.15, 0.2) is 0 Å². The molecule has 0 amide bonds. The van der Waals surface area contributed by atoms with E-state index in [0.717, 1.165) is 18.5 Å². The maximum absolute atomic E-state index is 9.93. The van der Waals surface area contributed by atoms with Gasteiger partial charge in [-0.15, -0.1) is 5.10 Å². The third kappa shape index (κ3) is 2.54. The summed E-state index contributed by atoms with van der Waals surface area (Å²) in [7, 11) is 1.82. The Hall–Kier alpha value is -0.940. The first kappa shape index (κ1) is 10.6. The van der Waals surface area contributed by atoms with Crippen LogP contribution in [0.1, 0.15) is 25.5 Å². The average molecular weight is 211 g/mol. The molecule has 84 valence electrons. The number of rotatable bonds is 3. The highest BCUT2D eigenvalue weighted by molar-refractivity contribution is 4.96. The van der Waals surface area contributed by atoms with Crippen LogP contribution in [0.2, 0.25) is 0 Å². The molecule has 1 fully saturated rings. The highest BCUT2D eigenvalue weighted by Crippen LogP contribution is 2.22. The summed E-state index contributed by atoms with van der Waals surface area (Å²) < 4.78 is 7.24. The zero-order valence-corrected chi connectivity index (χ0v) is 9.13. The first-order valence-corrected chi connectivity index (χ1v) is 5.34. The summed E-state index contributed by atoms with van der Waals surface area (Å²) in [5.41, 5.74) is 0.813. The molecule has 0 spiro atoms. The van der Waals surface area contributed by atoms with Crippen molar-refractivity contribution in [2.45, 2.75) is 44.5 Å². The van der Waals surface area contributed by atoms with Crippen molar-refractivity contribution in [1.82, 2.24) is 15.0 Å². The number of aryl methyl sites for hydroxylation is 1. The summed E-state index contributed by atoms with van der Waals surface area (Å²) in [6.07, 6.45) is 4.07. The summed E-state index contributed by atoms with van der Waals surface area (Å²) >= 11 is 0. The fourth-order valence-corrected chi connectivity index (χ4v) is 1.95. The molecule has 3 unspecified atom stereocenters. The van der Waals surface area contributed by atoms with Gasteiger partial charge in [0.1, 0.15) is 0 Å². The molecular weight excluding hydrogens is 194 g/mol. The van der Waals surface area contributed by atoms with Gasteiger partial charge < -0.3 is 9.84 Å². The zero-order chi connectivity index (χ0) is 10.8. The number of aliphatic hydroxyl groups is 1. The van der Waals surface area contributed by atoms with E-state index in [2.05, 4.69) is 10.3 Å². The van der Waals surface area contributed by atoms with Gasteiger partial charge in [0.05, 0.1) is 24.0 Å². The normalized spacial score (nSPS) is 28.2. The lowest BCUT2D eigenvalue weighted by Crippen LogP contribution is -2.28. The molecule has 0 saturated carbocycles. The first-order chi connectivity index (χ1) is 7.15. The maximum atomic E-state index is 9.93. The van der Waals surface area contributed by atoms with Gasteiger partial charge in [-0.2, -0.15) is 0 Å². The van der Waals surface area contributed by atoms with Gasteiger partial charge in [-0.3, -0.25) is 4.68 Å². The molecular formula is C10H17N3O2. The molecule has 1 aliphatic rings. The molecule has 0 bridgehead atoms. The van der Waals surface area contributed by atoms with Crippen molar-refractivity contribution in [2.24, 2.45) is 7.05 Å². The third-order valence-corrected chi connectivity index (χ3v) is 2.76. The van der Waals surface area contributed by atoms with E-state index in [0.29, 0.717) is 6.42 Å². The lowest BCUT2D eigenvalue weighted by Gasteiger charge is -2.16. The van der Waals surface area contributed by atoms with Crippen LogP contribution in [0.4, 0.5) is 0 Å². The van der Waals surface area contributed by atoms with Crippen LogP contribution in [-0.2, 0) is 18.2 Å². The van der Waals surface area contributed by atoms with Gasteiger partial charge in [-0.05, 0) is 19.8 Å². The van der Waals surface area contributed by atoms with Crippen LogP contribution < -0.4 is 0 Å². The van der Waals surface area contributed by atoms with Crippen molar-refractivity contribution < 1.29 is 9.84 Å². The molecule has 1 aliphatic heterocycles. The minimum absolute atomic E-state index is 0.0398. The molecule has 2 rings (SSSR count). The molecule has 1 N–H and O–H groups in total. The van der Waals surface area contributed by atoms with Gasteiger partial charge >= 0.3 is 0 Å². The molecule has 5 nitrogen and oxygen atoms in total. The third-order valence-electron chi connectivity index (χ3n) is 2.76. The van der Waals surface area contributed by atoms with E-state index in [4.69, 9.17) is 4.74 Å². The lowest BCUT2D eigenvalue weighted by molar-refractivity contribution is -0.0282. The lowest BCUT2D eigenvalue weighted by atomic mass is 10.1. The second-order valence-electron chi connectivity index (χ2n) is 4.22. The van der Waals surface area contributed by atoms with Crippen LogP contribution in [0.15, 0.2) is 6.20 Å². The predicted octanol–water partition coefficient (Wildman–Crippen LogP) is 0.286. The number of hydrogen-bond donors (Lipinski definition) is 1. The van der Waals surface area contributed by atoms with E-state index in [9.17, 15) is 5.11 Å². The molecule has 0 aliphatic carbocycles. The van der Waals surface area contributed by atoms with Crippen LogP contribution in [0.5, 0.6) is 0 Å². The monoisotopic (exact) mass is 211 g/mol. The number of ether oxygens (including phenoxy) is 1. The predicted molar refractivity (Wildman–Crippen MR) is 54.3 cm³/mol. The van der Waals surface area contributed by atoms with Gasteiger partial charge in [-0.25, -0.2) is 0 Å². The average Bonchev–Trinajstić information content (AvgIpc) is 2.75. The number of nitrogens with zero attached hydrogens (tertiary/aromatic N) is 3. The van der Waals surface area contributed by atoms with E-state index < -0.39 is 6.10 Å². The second-order valence-corrected chi connectivity index (χ2v) is 4.22. The van der Waals surface area contributed by atoms with Crippen LogP contribution in [0.25, 0.3) is 0 Å². The second kappa shape index (κ2) is 4.28. The van der Waals surface area contributed by atoms with Crippen LogP contribution >= 0.6 is 0 Å². The van der Waals surface area contributed by atoms with Gasteiger partial charge in [0.2, 0.25) is 0 Å². The van der Waals surface area contributed by atoms with E-state index in [-0.39, 0.29) is 12.2 Å². The Kier molecular flexibility index (Phi) is 3.02. The molecule has 15 heavy (non-hydrogen) atoms. The molecule has 0 aromatic carbocycles. The largest absolute Gasteiger partial charge is 0.390 e. The summed E-state index contributed by atoms with van der Waals surface area (Å²) in [6.45, 7) is 2.04. The summed E-state index contributed by atoms with van der Waals surface area (Å²) in [4.78, 5) is 0. The maximum Gasteiger partial charge on any atom is 0.0858 e. The summed E-state index contributed by atoms with van der Waals surface area (Å²) in [5, 5.41) is 17.7. The van der Waals surface area contributed by atoms with Crippen LogP contribution in [-0.4, -0.2) is 38.4 Å². The van der Waals surface area contributed by atoms with E-state index in [1.807, 2.05) is 20.2 Å². The highest BCUT2D eigenvalue weighted by atomic mass is 16.5.